The molecule has 0 atom stereocenters. The van der Waals surface area contributed by atoms with Gasteiger partial charge in [-0.1, -0.05) is 13.3 Å². The van der Waals surface area contributed by atoms with E-state index >= 15 is 0 Å². The molecule has 0 N–H and O–H groups in total. The van der Waals surface area contributed by atoms with Crippen molar-refractivity contribution in [3.8, 4) is 0 Å². The van der Waals surface area contributed by atoms with E-state index in [0.29, 0.717) is 13.2 Å². The molecule has 0 aliphatic rings. The molecule has 0 aromatic heterocycles. The standard InChI is InChI=1S/C10H19NO3/c1-4-5-8-14-10(13)6-7-11(3)9(2)12/h4-8H2,1-3H3. The number of carbonyl (C=O) groups excluding carboxylic acids is 2. The van der Waals surface area contributed by atoms with Crippen LogP contribution in [0.4, 0.5) is 0 Å². The maximum atomic E-state index is 11.1. The fourth-order valence-corrected chi connectivity index (χ4v) is 0.819. The van der Waals surface area contributed by atoms with Crippen LogP contribution in [0.2, 0.25) is 0 Å². The highest BCUT2D eigenvalue weighted by Crippen LogP contribution is 1.94. The van der Waals surface area contributed by atoms with Crippen molar-refractivity contribution in [1.82, 2.24) is 4.90 Å². The van der Waals surface area contributed by atoms with Crippen molar-refractivity contribution in [3.05, 3.63) is 0 Å². The molecule has 0 rings (SSSR count). The number of hydrogen-bond acceptors (Lipinski definition) is 3. The molecule has 0 saturated carbocycles. The van der Waals surface area contributed by atoms with Crippen molar-refractivity contribution in [3.63, 3.8) is 0 Å². The quantitative estimate of drug-likeness (QED) is 0.479. The van der Waals surface area contributed by atoms with E-state index in [2.05, 4.69) is 0 Å². The van der Waals surface area contributed by atoms with Gasteiger partial charge < -0.3 is 9.64 Å². The van der Waals surface area contributed by atoms with Gasteiger partial charge in [0.25, 0.3) is 0 Å². The Morgan fingerprint density at radius 2 is 2.00 bits per heavy atom. The van der Waals surface area contributed by atoms with Crippen molar-refractivity contribution in [1.29, 1.82) is 0 Å². The molecular formula is C10H19NO3. The van der Waals surface area contributed by atoms with Gasteiger partial charge in [-0.15, -0.1) is 0 Å². The fourth-order valence-electron chi connectivity index (χ4n) is 0.819. The zero-order chi connectivity index (χ0) is 11.0. The Hall–Kier alpha value is -1.06. The van der Waals surface area contributed by atoms with Gasteiger partial charge in [-0.25, -0.2) is 0 Å². The van der Waals surface area contributed by atoms with Gasteiger partial charge in [-0.2, -0.15) is 0 Å². The Labute approximate surface area is 85.2 Å². The summed E-state index contributed by atoms with van der Waals surface area (Å²) in [5.74, 6) is -0.266. The number of rotatable bonds is 6. The Bertz CT molecular complexity index is 192. The first-order chi connectivity index (χ1) is 6.57. The summed E-state index contributed by atoms with van der Waals surface area (Å²) in [6.07, 6.45) is 2.19. The van der Waals surface area contributed by atoms with Crippen molar-refractivity contribution < 1.29 is 14.3 Å². The lowest BCUT2D eigenvalue weighted by atomic mass is 10.3. The van der Waals surface area contributed by atoms with Crippen molar-refractivity contribution >= 4 is 11.9 Å². The van der Waals surface area contributed by atoms with Crippen LogP contribution in [0.3, 0.4) is 0 Å². The van der Waals surface area contributed by atoms with Gasteiger partial charge in [-0.05, 0) is 6.42 Å². The second-order valence-corrected chi connectivity index (χ2v) is 3.26. The van der Waals surface area contributed by atoms with E-state index in [1.54, 1.807) is 7.05 Å². The number of unbranched alkanes of at least 4 members (excludes halogenated alkanes) is 1. The molecule has 82 valence electrons. The van der Waals surface area contributed by atoms with Crippen molar-refractivity contribution in [2.75, 3.05) is 20.2 Å². The summed E-state index contributed by atoms with van der Waals surface area (Å²) in [6.45, 7) is 4.43. The van der Waals surface area contributed by atoms with Gasteiger partial charge >= 0.3 is 5.97 Å². The third-order valence-electron chi connectivity index (χ3n) is 1.95. The molecule has 4 nitrogen and oxygen atoms in total. The van der Waals surface area contributed by atoms with E-state index < -0.39 is 0 Å². The normalized spacial score (nSPS) is 9.64. The van der Waals surface area contributed by atoms with Gasteiger partial charge in [-0.3, -0.25) is 9.59 Å². The minimum atomic E-state index is -0.230. The zero-order valence-corrected chi connectivity index (χ0v) is 9.21. The lowest BCUT2D eigenvalue weighted by molar-refractivity contribution is -0.144. The highest BCUT2D eigenvalue weighted by Gasteiger charge is 2.06. The van der Waals surface area contributed by atoms with Gasteiger partial charge in [0.1, 0.15) is 0 Å². The molecule has 0 aliphatic heterocycles. The molecule has 1 amide bonds. The van der Waals surface area contributed by atoms with Crippen LogP contribution in [-0.2, 0) is 14.3 Å². The van der Waals surface area contributed by atoms with Crippen LogP contribution < -0.4 is 0 Å². The third-order valence-corrected chi connectivity index (χ3v) is 1.95. The van der Waals surface area contributed by atoms with Crippen LogP contribution in [0.15, 0.2) is 0 Å². The van der Waals surface area contributed by atoms with Crippen LogP contribution in [-0.4, -0.2) is 37.0 Å². The summed E-state index contributed by atoms with van der Waals surface area (Å²) in [5.41, 5.74) is 0. The Balaban J connectivity index is 3.48. The number of nitrogens with zero attached hydrogens (tertiary/aromatic N) is 1. The van der Waals surface area contributed by atoms with Gasteiger partial charge in [0.2, 0.25) is 5.91 Å². The molecule has 0 aliphatic carbocycles. The molecule has 0 aromatic rings. The summed E-state index contributed by atoms with van der Waals surface area (Å²) in [4.78, 5) is 23.4. The highest BCUT2D eigenvalue weighted by molar-refractivity contribution is 5.74. The predicted molar refractivity (Wildman–Crippen MR) is 53.8 cm³/mol. The number of esters is 1. The van der Waals surface area contributed by atoms with E-state index in [9.17, 15) is 9.59 Å². The Morgan fingerprint density at radius 3 is 2.50 bits per heavy atom. The first-order valence-electron chi connectivity index (χ1n) is 4.95. The molecule has 0 spiro atoms. The summed E-state index contributed by atoms with van der Waals surface area (Å²) >= 11 is 0. The molecule has 0 heterocycles. The summed E-state index contributed by atoms with van der Waals surface area (Å²) in [6, 6.07) is 0. The van der Waals surface area contributed by atoms with Crippen LogP contribution in [0.1, 0.15) is 33.1 Å². The van der Waals surface area contributed by atoms with E-state index in [-0.39, 0.29) is 18.3 Å². The van der Waals surface area contributed by atoms with Crippen molar-refractivity contribution in [2.45, 2.75) is 33.1 Å². The monoisotopic (exact) mass is 201 g/mol. The largest absolute Gasteiger partial charge is 0.466 e. The SMILES string of the molecule is CCCCOC(=O)CCN(C)C(C)=O. The van der Waals surface area contributed by atoms with Gasteiger partial charge in [0.05, 0.1) is 13.0 Å². The van der Waals surface area contributed by atoms with Gasteiger partial charge in [0.15, 0.2) is 0 Å². The van der Waals surface area contributed by atoms with Crippen LogP contribution in [0, 0.1) is 0 Å². The molecular weight excluding hydrogens is 182 g/mol. The fraction of sp³-hybridized carbons (Fsp3) is 0.800. The number of ether oxygens (including phenoxy) is 1. The molecule has 0 fully saturated rings. The minimum absolute atomic E-state index is 0.0358. The average molecular weight is 201 g/mol. The van der Waals surface area contributed by atoms with Crippen LogP contribution >= 0.6 is 0 Å². The third kappa shape index (κ3) is 6.46. The maximum absolute atomic E-state index is 11.1. The molecule has 0 bridgehead atoms. The highest BCUT2D eigenvalue weighted by atomic mass is 16.5. The Morgan fingerprint density at radius 1 is 1.36 bits per heavy atom. The molecule has 0 unspecified atom stereocenters. The second-order valence-electron chi connectivity index (χ2n) is 3.26. The lowest BCUT2D eigenvalue weighted by Gasteiger charge is -2.13. The first-order valence-corrected chi connectivity index (χ1v) is 4.95. The maximum Gasteiger partial charge on any atom is 0.307 e. The smallest absolute Gasteiger partial charge is 0.307 e. The summed E-state index contributed by atoms with van der Waals surface area (Å²) in [7, 11) is 1.67. The van der Waals surface area contributed by atoms with Crippen LogP contribution in [0.25, 0.3) is 0 Å². The zero-order valence-electron chi connectivity index (χ0n) is 9.21. The first kappa shape index (κ1) is 12.9. The van der Waals surface area contributed by atoms with E-state index in [1.165, 1.54) is 11.8 Å². The topological polar surface area (TPSA) is 46.6 Å². The Kier molecular flexibility index (Phi) is 6.80. The minimum Gasteiger partial charge on any atom is -0.466 e. The molecule has 0 aromatic carbocycles. The van der Waals surface area contributed by atoms with Crippen molar-refractivity contribution in [2.24, 2.45) is 0 Å². The average Bonchev–Trinajstić information content (AvgIpc) is 2.14. The van der Waals surface area contributed by atoms with Crippen LogP contribution in [0.5, 0.6) is 0 Å². The molecule has 14 heavy (non-hydrogen) atoms. The lowest BCUT2D eigenvalue weighted by Crippen LogP contribution is -2.27. The summed E-state index contributed by atoms with van der Waals surface area (Å²) < 4.78 is 4.94. The van der Waals surface area contributed by atoms with Gasteiger partial charge in [0, 0.05) is 20.5 Å². The number of amides is 1. The van der Waals surface area contributed by atoms with E-state index in [4.69, 9.17) is 4.74 Å². The van der Waals surface area contributed by atoms with E-state index in [0.717, 1.165) is 12.8 Å². The molecule has 0 saturated heterocycles. The molecule has 4 heteroatoms. The summed E-state index contributed by atoms with van der Waals surface area (Å²) in [5, 5.41) is 0. The number of carbonyl (C=O) groups is 2. The second kappa shape index (κ2) is 7.35. The predicted octanol–water partition coefficient (Wildman–Crippen LogP) is 1.20. The molecule has 0 radical (unpaired) electrons. The number of hydrogen-bond donors (Lipinski definition) is 0. The van der Waals surface area contributed by atoms with E-state index in [1.807, 2.05) is 6.92 Å².